The number of hydrogen-bond acceptors (Lipinski definition) is 4. The lowest BCUT2D eigenvalue weighted by molar-refractivity contribution is 0.199. The van der Waals surface area contributed by atoms with Gasteiger partial charge in [0, 0.05) is 0 Å². The lowest BCUT2D eigenvalue weighted by Crippen LogP contribution is -2.33. The predicted octanol–water partition coefficient (Wildman–Crippen LogP) is 3.04. The number of aromatic nitrogens is 4. The van der Waals surface area contributed by atoms with E-state index in [2.05, 4.69) is 50.8 Å². The van der Waals surface area contributed by atoms with E-state index in [1.165, 1.54) is 18.4 Å². The third kappa shape index (κ3) is 3.21. The minimum Gasteiger partial charge on any atom is -0.296 e. The van der Waals surface area contributed by atoms with Crippen LogP contribution in [0.5, 0.6) is 0 Å². The number of nitrogens with zero attached hydrogens (tertiary/aromatic N) is 5. The molecule has 1 saturated heterocycles. The van der Waals surface area contributed by atoms with Crippen LogP contribution in [0.3, 0.4) is 0 Å². The zero-order chi connectivity index (χ0) is 16.2. The summed E-state index contributed by atoms with van der Waals surface area (Å²) in [5.41, 5.74) is 2.47. The molecule has 0 N–H and O–H groups in total. The number of likely N-dealkylation sites (tertiary alicyclic amines) is 1. The molecular formula is C19H21N5. The average Bonchev–Trinajstić information content (AvgIpc) is 3.12. The molecule has 5 heteroatoms. The number of tetrazole rings is 1. The maximum atomic E-state index is 4.22. The molecular weight excluding hydrogens is 298 g/mol. The Kier molecular flexibility index (Phi) is 4.34. The van der Waals surface area contributed by atoms with Gasteiger partial charge in [-0.3, -0.25) is 4.90 Å². The molecule has 2 heterocycles. The molecule has 5 nitrogen and oxygen atoms in total. The lowest BCUT2D eigenvalue weighted by Gasteiger charge is -2.31. The summed E-state index contributed by atoms with van der Waals surface area (Å²) in [5.74, 6) is 1.58. The van der Waals surface area contributed by atoms with E-state index in [4.69, 9.17) is 0 Å². The molecule has 122 valence electrons. The first-order valence-corrected chi connectivity index (χ1v) is 8.50. The van der Waals surface area contributed by atoms with Crippen LogP contribution in [0, 0.1) is 0 Å². The van der Waals surface area contributed by atoms with Gasteiger partial charge in [-0.25, -0.2) is 0 Å². The van der Waals surface area contributed by atoms with Crippen LogP contribution in [0.1, 0.15) is 30.1 Å². The van der Waals surface area contributed by atoms with Gasteiger partial charge in [0.25, 0.3) is 0 Å². The fraction of sp³-hybridized carbons (Fsp3) is 0.316. The molecule has 1 aromatic heterocycles. The van der Waals surface area contributed by atoms with Crippen molar-refractivity contribution in [3.63, 3.8) is 0 Å². The number of para-hydroxylation sites is 1. The summed E-state index contributed by atoms with van der Waals surface area (Å²) in [6, 6.07) is 20.9. The Morgan fingerprint density at radius 3 is 2.25 bits per heavy atom. The largest absolute Gasteiger partial charge is 0.296 e. The Hall–Kier alpha value is -2.53. The van der Waals surface area contributed by atoms with Gasteiger partial charge in [-0.2, -0.15) is 4.68 Å². The summed E-state index contributed by atoms with van der Waals surface area (Å²) >= 11 is 0. The van der Waals surface area contributed by atoms with E-state index in [0.717, 1.165) is 31.1 Å². The van der Waals surface area contributed by atoms with Gasteiger partial charge in [0.15, 0.2) is 5.82 Å². The molecule has 1 aliphatic rings. The molecule has 0 atom stereocenters. The van der Waals surface area contributed by atoms with Crippen LogP contribution in [0.2, 0.25) is 0 Å². The van der Waals surface area contributed by atoms with Gasteiger partial charge >= 0.3 is 0 Å². The SMILES string of the molecule is c1ccc(C2CCN(Cc3nnnn3-c3ccccc3)CC2)cc1. The Bertz CT molecular complexity index is 761. The first-order chi connectivity index (χ1) is 11.9. The number of benzene rings is 2. The van der Waals surface area contributed by atoms with Crippen molar-refractivity contribution in [1.29, 1.82) is 0 Å². The van der Waals surface area contributed by atoms with Crippen molar-refractivity contribution in [2.75, 3.05) is 13.1 Å². The summed E-state index contributed by atoms with van der Waals surface area (Å²) in [6.45, 7) is 2.96. The molecule has 0 spiro atoms. The second kappa shape index (κ2) is 6.93. The predicted molar refractivity (Wildman–Crippen MR) is 92.8 cm³/mol. The third-order valence-electron chi connectivity index (χ3n) is 4.76. The van der Waals surface area contributed by atoms with Crippen molar-refractivity contribution in [3.8, 4) is 5.69 Å². The van der Waals surface area contributed by atoms with E-state index in [0.29, 0.717) is 5.92 Å². The van der Waals surface area contributed by atoms with Gasteiger partial charge in [-0.05, 0) is 60.0 Å². The molecule has 1 aliphatic heterocycles. The lowest BCUT2D eigenvalue weighted by atomic mass is 9.89. The van der Waals surface area contributed by atoms with Crippen molar-refractivity contribution in [2.24, 2.45) is 0 Å². The topological polar surface area (TPSA) is 46.8 Å². The first-order valence-electron chi connectivity index (χ1n) is 8.50. The van der Waals surface area contributed by atoms with E-state index in [1.54, 1.807) is 0 Å². The molecule has 4 rings (SSSR count). The fourth-order valence-corrected chi connectivity index (χ4v) is 3.42. The second-order valence-corrected chi connectivity index (χ2v) is 6.30. The maximum Gasteiger partial charge on any atom is 0.170 e. The quantitative estimate of drug-likeness (QED) is 0.741. The molecule has 0 amide bonds. The molecule has 3 aromatic rings. The van der Waals surface area contributed by atoms with Crippen molar-refractivity contribution >= 4 is 0 Å². The van der Waals surface area contributed by atoms with Gasteiger partial charge < -0.3 is 0 Å². The van der Waals surface area contributed by atoms with Crippen LogP contribution in [-0.2, 0) is 6.54 Å². The average molecular weight is 319 g/mol. The molecule has 1 fully saturated rings. The van der Waals surface area contributed by atoms with Gasteiger partial charge in [-0.15, -0.1) is 5.10 Å². The zero-order valence-electron chi connectivity index (χ0n) is 13.6. The van der Waals surface area contributed by atoms with E-state index in [-0.39, 0.29) is 0 Å². The minimum atomic E-state index is 0.674. The Labute approximate surface area is 141 Å². The summed E-state index contributed by atoms with van der Waals surface area (Å²) in [4.78, 5) is 2.45. The van der Waals surface area contributed by atoms with Crippen molar-refractivity contribution in [1.82, 2.24) is 25.1 Å². The second-order valence-electron chi connectivity index (χ2n) is 6.30. The van der Waals surface area contributed by atoms with Gasteiger partial charge in [-0.1, -0.05) is 48.5 Å². The third-order valence-corrected chi connectivity index (χ3v) is 4.76. The maximum absolute atomic E-state index is 4.22. The van der Waals surface area contributed by atoms with E-state index < -0.39 is 0 Å². The molecule has 24 heavy (non-hydrogen) atoms. The highest BCUT2D eigenvalue weighted by atomic mass is 15.5. The summed E-state index contributed by atoms with van der Waals surface area (Å²) in [6.07, 6.45) is 2.38. The molecule has 0 aliphatic carbocycles. The Morgan fingerprint density at radius 2 is 1.54 bits per heavy atom. The molecule has 0 bridgehead atoms. The van der Waals surface area contributed by atoms with Gasteiger partial charge in [0.05, 0.1) is 12.2 Å². The number of hydrogen-bond donors (Lipinski definition) is 0. The first kappa shape index (κ1) is 15.0. The number of rotatable bonds is 4. The highest BCUT2D eigenvalue weighted by Gasteiger charge is 2.22. The van der Waals surface area contributed by atoms with E-state index in [1.807, 2.05) is 35.0 Å². The van der Waals surface area contributed by atoms with Crippen molar-refractivity contribution < 1.29 is 0 Å². The van der Waals surface area contributed by atoms with Crippen LogP contribution >= 0.6 is 0 Å². The van der Waals surface area contributed by atoms with Crippen LogP contribution < -0.4 is 0 Å². The number of piperidine rings is 1. The molecule has 0 radical (unpaired) electrons. The van der Waals surface area contributed by atoms with Crippen molar-refractivity contribution in [3.05, 3.63) is 72.1 Å². The molecule has 0 saturated carbocycles. The van der Waals surface area contributed by atoms with E-state index in [9.17, 15) is 0 Å². The highest BCUT2D eigenvalue weighted by molar-refractivity contribution is 5.30. The van der Waals surface area contributed by atoms with Crippen LogP contribution in [0.15, 0.2) is 60.7 Å². The molecule has 0 unspecified atom stereocenters. The van der Waals surface area contributed by atoms with Crippen LogP contribution in [-0.4, -0.2) is 38.2 Å². The fourth-order valence-electron chi connectivity index (χ4n) is 3.42. The van der Waals surface area contributed by atoms with Crippen LogP contribution in [0.25, 0.3) is 5.69 Å². The summed E-state index contributed by atoms with van der Waals surface area (Å²) in [5, 5.41) is 12.2. The van der Waals surface area contributed by atoms with Crippen LogP contribution in [0.4, 0.5) is 0 Å². The van der Waals surface area contributed by atoms with Gasteiger partial charge in [0.1, 0.15) is 0 Å². The minimum absolute atomic E-state index is 0.674. The van der Waals surface area contributed by atoms with E-state index >= 15 is 0 Å². The van der Waals surface area contributed by atoms with Crippen molar-refractivity contribution in [2.45, 2.75) is 25.3 Å². The zero-order valence-corrected chi connectivity index (χ0v) is 13.6. The molecule has 2 aromatic carbocycles. The summed E-state index contributed by atoms with van der Waals surface area (Å²) in [7, 11) is 0. The Balaban J connectivity index is 1.41. The monoisotopic (exact) mass is 319 g/mol. The summed E-state index contributed by atoms with van der Waals surface area (Å²) < 4.78 is 1.84. The normalized spacial score (nSPS) is 16.3. The highest BCUT2D eigenvalue weighted by Crippen LogP contribution is 2.28. The standard InChI is InChI=1S/C19H21N5/c1-3-7-16(8-4-1)17-11-13-23(14-12-17)15-19-20-21-22-24(19)18-9-5-2-6-10-18/h1-10,17H,11-15H2. The van der Waals surface area contributed by atoms with Gasteiger partial charge in [0.2, 0.25) is 0 Å². The smallest absolute Gasteiger partial charge is 0.170 e. The Morgan fingerprint density at radius 1 is 0.875 bits per heavy atom.